The van der Waals surface area contributed by atoms with Gasteiger partial charge >= 0.3 is 0 Å². The van der Waals surface area contributed by atoms with Gasteiger partial charge in [0.2, 0.25) is 0 Å². The fourth-order valence-electron chi connectivity index (χ4n) is 2.58. The molecule has 1 atom stereocenters. The quantitative estimate of drug-likeness (QED) is 0.779. The van der Waals surface area contributed by atoms with E-state index in [2.05, 4.69) is 10.3 Å². The van der Waals surface area contributed by atoms with E-state index in [0.29, 0.717) is 4.96 Å². The highest BCUT2D eigenvalue weighted by Crippen LogP contribution is 2.19. The molecule has 0 aliphatic carbocycles. The largest absolute Gasteiger partial charge is 0.497 e. The zero-order valence-electron chi connectivity index (χ0n) is 14.5. The smallest absolute Gasteiger partial charge is 0.271 e. The molecule has 1 aromatic carbocycles. The Kier molecular flexibility index (Phi) is 4.59. The van der Waals surface area contributed by atoms with Crippen molar-refractivity contribution in [1.29, 1.82) is 0 Å². The maximum Gasteiger partial charge on any atom is 0.271 e. The Morgan fingerprint density at radius 2 is 1.96 bits per heavy atom. The van der Waals surface area contributed by atoms with Crippen LogP contribution >= 0.6 is 11.3 Å². The van der Waals surface area contributed by atoms with Crippen molar-refractivity contribution >= 4 is 22.2 Å². The first-order valence-electron chi connectivity index (χ1n) is 7.85. The number of amides is 1. The van der Waals surface area contributed by atoms with Gasteiger partial charge in [-0.1, -0.05) is 12.1 Å². The average Bonchev–Trinajstić information content (AvgIpc) is 2.90. The molecule has 0 aliphatic rings. The van der Waals surface area contributed by atoms with Crippen LogP contribution < -0.4 is 15.6 Å². The van der Waals surface area contributed by atoms with Crippen LogP contribution in [0.4, 0.5) is 0 Å². The summed E-state index contributed by atoms with van der Waals surface area (Å²) < 4.78 is 6.62. The summed E-state index contributed by atoms with van der Waals surface area (Å²) >= 11 is 1.44. The molecule has 0 aliphatic heterocycles. The lowest BCUT2D eigenvalue weighted by Crippen LogP contribution is -2.33. The molecule has 6 nitrogen and oxygen atoms in total. The van der Waals surface area contributed by atoms with E-state index < -0.39 is 5.91 Å². The number of ether oxygens (including phenoxy) is 1. The number of rotatable bonds is 4. The number of carbonyl (C=O) groups is 1. The van der Waals surface area contributed by atoms with E-state index in [1.165, 1.54) is 21.9 Å². The van der Waals surface area contributed by atoms with Crippen LogP contribution in [0.15, 0.2) is 35.3 Å². The van der Waals surface area contributed by atoms with Crippen LogP contribution in [0.1, 0.15) is 39.5 Å². The van der Waals surface area contributed by atoms with Gasteiger partial charge in [-0.2, -0.15) is 0 Å². The fourth-order valence-corrected chi connectivity index (χ4v) is 3.51. The molecule has 1 amide bonds. The van der Waals surface area contributed by atoms with Gasteiger partial charge in [0.05, 0.1) is 13.2 Å². The summed E-state index contributed by atoms with van der Waals surface area (Å²) in [4.78, 5) is 31.1. The molecule has 1 N–H and O–H groups in total. The Balaban J connectivity index is 1.87. The number of hydrogen-bond donors (Lipinski definition) is 1. The summed E-state index contributed by atoms with van der Waals surface area (Å²) in [5.41, 5.74) is 1.44. The van der Waals surface area contributed by atoms with Crippen molar-refractivity contribution in [2.45, 2.75) is 26.8 Å². The van der Waals surface area contributed by atoms with Gasteiger partial charge in [-0.05, 0) is 38.5 Å². The molecule has 0 unspecified atom stereocenters. The molecule has 2 heterocycles. The molecule has 0 bridgehead atoms. The van der Waals surface area contributed by atoms with Crippen LogP contribution in [0, 0.1) is 13.8 Å². The number of benzene rings is 1. The number of nitrogens with zero attached hydrogens (tertiary/aromatic N) is 2. The van der Waals surface area contributed by atoms with Gasteiger partial charge in [-0.3, -0.25) is 14.0 Å². The average molecular weight is 357 g/mol. The van der Waals surface area contributed by atoms with Crippen molar-refractivity contribution in [2.75, 3.05) is 7.11 Å². The highest BCUT2D eigenvalue weighted by Gasteiger charge is 2.18. The topological polar surface area (TPSA) is 72.7 Å². The maximum atomic E-state index is 12.7. The third kappa shape index (κ3) is 3.15. The Morgan fingerprint density at radius 3 is 2.60 bits per heavy atom. The van der Waals surface area contributed by atoms with Crippen LogP contribution in [-0.4, -0.2) is 22.4 Å². The van der Waals surface area contributed by atoms with Gasteiger partial charge in [-0.25, -0.2) is 4.98 Å². The summed E-state index contributed by atoms with van der Waals surface area (Å²) in [6.45, 7) is 5.65. The third-order valence-electron chi connectivity index (χ3n) is 4.23. The van der Waals surface area contributed by atoms with E-state index in [4.69, 9.17) is 4.74 Å². The monoisotopic (exact) mass is 357 g/mol. The SMILES string of the molecule is COc1ccc([C@H](C)NC(=O)c2cnc3sc(C)c(C)n3c2=O)cc1. The molecule has 2 aromatic heterocycles. The number of aromatic nitrogens is 2. The summed E-state index contributed by atoms with van der Waals surface area (Å²) in [6, 6.07) is 7.18. The number of aryl methyl sites for hydroxylation is 2. The predicted molar refractivity (Wildman–Crippen MR) is 97.7 cm³/mol. The number of nitrogens with one attached hydrogen (secondary N) is 1. The molecule has 3 aromatic rings. The second-order valence-electron chi connectivity index (χ2n) is 5.81. The zero-order chi connectivity index (χ0) is 18.1. The normalized spacial score (nSPS) is 12.2. The van der Waals surface area contributed by atoms with Gasteiger partial charge in [0, 0.05) is 16.8 Å². The third-order valence-corrected chi connectivity index (χ3v) is 5.30. The minimum atomic E-state index is -0.432. The van der Waals surface area contributed by atoms with Crippen molar-refractivity contribution in [3.8, 4) is 5.75 Å². The standard InChI is InChI=1S/C18H19N3O3S/c1-10(13-5-7-14(24-4)8-6-13)20-16(22)15-9-19-18-21(17(15)23)11(2)12(3)25-18/h5-10H,1-4H3,(H,20,22)/t10-/m0/s1. The minimum absolute atomic E-state index is 0.0405. The van der Waals surface area contributed by atoms with Crippen molar-refractivity contribution in [3.63, 3.8) is 0 Å². The highest BCUT2D eigenvalue weighted by molar-refractivity contribution is 7.17. The second kappa shape index (κ2) is 6.68. The number of thiazole rings is 1. The number of hydrogen-bond acceptors (Lipinski definition) is 5. The lowest BCUT2D eigenvalue weighted by Gasteiger charge is -2.14. The zero-order valence-corrected chi connectivity index (χ0v) is 15.3. The van der Waals surface area contributed by atoms with Crippen LogP contribution in [-0.2, 0) is 0 Å². The Labute approximate surface area is 149 Å². The van der Waals surface area contributed by atoms with E-state index >= 15 is 0 Å². The van der Waals surface area contributed by atoms with Gasteiger partial charge in [0.15, 0.2) is 4.96 Å². The van der Waals surface area contributed by atoms with Gasteiger partial charge in [0.25, 0.3) is 11.5 Å². The van der Waals surface area contributed by atoms with Crippen molar-refractivity contribution in [2.24, 2.45) is 0 Å². The van der Waals surface area contributed by atoms with Crippen molar-refractivity contribution in [1.82, 2.24) is 14.7 Å². The first-order chi connectivity index (χ1) is 11.9. The fraction of sp³-hybridized carbons (Fsp3) is 0.278. The second-order valence-corrected chi connectivity index (χ2v) is 6.99. The maximum absolute atomic E-state index is 12.7. The molecule has 0 spiro atoms. The van der Waals surface area contributed by atoms with E-state index in [0.717, 1.165) is 21.9 Å². The van der Waals surface area contributed by atoms with Gasteiger partial charge < -0.3 is 10.1 Å². The lowest BCUT2D eigenvalue weighted by atomic mass is 10.1. The van der Waals surface area contributed by atoms with Crippen molar-refractivity contribution in [3.05, 3.63) is 62.5 Å². The molecular formula is C18H19N3O3S. The van der Waals surface area contributed by atoms with Crippen LogP contribution in [0.25, 0.3) is 4.96 Å². The summed E-state index contributed by atoms with van der Waals surface area (Å²) in [7, 11) is 1.60. The highest BCUT2D eigenvalue weighted by atomic mass is 32.1. The molecule has 0 saturated heterocycles. The molecule has 0 radical (unpaired) electrons. The van der Waals surface area contributed by atoms with E-state index in [-0.39, 0.29) is 17.2 Å². The predicted octanol–water partition coefficient (Wildman–Crippen LogP) is 2.87. The van der Waals surface area contributed by atoms with Crippen molar-refractivity contribution < 1.29 is 9.53 Å². The van der Waals surface area contributed by atoms with Crippen LogP contribution in [0.5, 0.6) is 5.75 Å². The molecular weight excluding hydrogens is 338 g/mol. The molecule has 25 heavy (non-hydrogen) atoms. The molecule has 0 saturated carbocycles. The molecule has 130 valence electrons. The Hall–Kier alpha value is -2.67. The first-order valence-corrected chi connectivity index (χ1v) is 8.66. The van der Waals surface area contributed by atoms with Crippen LogP contribution in [0.2, 0.25) is 0 Å². The van der Waals surface area contributed by atoms with E-state index in [9.17, 15) is 9.59 Å². The summed E-state index contributed by atoms with van der Waals surface area (Å²) in [5.74, 6) is 0.317. The number of carbonyl (C=O) groups excluding carboxylic acids is 1. The van der Waals surface area contributed by atoms with Crippen LogP contribution in [0.3, 0.4) is 0 Å². The number of methoxy groups -OCH3 is 1. The van der Waals surface area contributed by atoms with Gasteiger partial charge in [-0.15, -0.1) is 11.3 Å². The lowest BCUT2D eigenvalue weighted by molar-refractivity contribution is 0.0938. The van der Waals surface area contributed by atoms with Gasteiger partial charge in [0.1, 0.15) is 11.3 Å². The van der Waals surface area contributed by atoms with E-state index in [1.54, 1.807) is 7.11 Å². The minimum Gasteiger partial charge on any atom is -0.497 e. The summed E-state index contributed by atoms with van der Waals surface area (Å²) in [5, 5.41) is 2.85. The Morgan fingerprint density at radius 1 is 1.28 bits per heavy atom. The Bertz CT molecular complexity index is 989. The molecule has 7 heteroatoms. The molecule has 0 fully saturated rings. The number of fused-ring (bicyclic) bond motifs is 1. The summed E-state index contributed by atoms with van der Waals surface area (Å²) in [6.07, 6.45) is 1.35. The molecule has 3 rings (SSSR count). The van der Waals surface area contributed by atoms with E-state index in [1.807, 2.05) is 45.0 Å². The first kappa shape index (κ1) is 17.2.